The fraction of sp³-hybridized carbons (Fsp3) is 0.469. The van der Waals surface area contributed by atoms with Gasteiger partial charge >= 0.3 is 12.1 Å². The van der Waals surface area contributed by atoms with E-state index in [1.165, 1.54) is 5.56 Å². The number of hydrogen-bond acceptors (Lipinski definition) is 9. The van der Waals surface area contributed by atoms with Gasteiger partial charge in [-0.2, -0.15) is 0 Å². The first-order valence-corrected chi connectivity index (χ1v) is 22.4. The summed E-state index contributed by atoms with van der Waals surface area (Å²) >= 11 is 0. The summed E-state index contributed by atoms with van der Waals surface area (Å²) in [5.74, 6) is -4.31. The fourth-order valence-corrected chi connectivity index (χ4v) is 6.93. The number of ether oxygens (including phenoxy) is 2. The molecule has 65 heavy (non-hydrogen) atoms. The van der Waals surface area contributed by atoms with E-state index in [-0.39, 0.29) is 31.9 Å². The Hall–Kier alpha value is -6.26. The molecule has 0 fully saturated rings. The minimum Gasteiger partial charge on any atom is -0.480 e. The second-order valence-corrected chi connectivity index (χ2v) is 17.7. The number of aryl methyl sites for hydroxylation is 1. The number of nitrogens with one attached hydrogen (secondary N) is 6. The summed E-state index contributed by atoms with van der Waals surface area (Å²) in [7, 11) is 0. The average molecular weight is 898 g/mol. The summed E-state index contributed by atoms with van der Waals surface area (Å²) < 4.78 is 11.2. The maximum absolute atomic E-state index is 14.4. The van der Waals surface area contributed by atoms with Crippen LogP contribution in [0.3, 0.4) is 0 Å². The molecule has 0 unspecified atom stereocenters. The van der Waals surface area contributed by atoms with E-state index in [0.717, 1.165) is 46.9 Å². The lowest BCUT2D eigenvalue weighted by atomic mass is 10.00. The minimum atomic E-state index is -1.71. The number of carbonyl (C=O) groups excluding carboxylic acids is 5. The van der Waals surface area contributed by atoms with Gasteiger partial charge in [0.05, 0.1) is 6.10 Å². The van der Waals surface area contributed by atoms with Gasteiger partial charge in [-0.25, -0.2) is 9.59 Å². The Morgan fingerprint density at radius 3 is 2.06 bits per heavy atom. The van der Waals surface area contributed by atoms with Crippen molar-refractivity contribution in [2.24, 2.45) is 11.7 Å². The van der Waals surface area contributed by atoms with Gasteiger partial charge in [-0.15, -0.1) is 0 Å². The number of amides is 5. The lowest BCUT2D eigenvalue weighted by Gasteiger charge is -2.28. The first-order valence-electron chi connectivity index (χ1n) is 22.4. The quantitative estimate of drug-likeness (QED) is 0.0314. The van der Waals surface area contributed by atoms with Crippen LogP contribution in [0.4, 0.5) is 4.79 Å². The smallest absolute Gasteiger partial charge is 0.407 e. The monoisotopic (exact) mass is 898 g/mol. The number of aliphatic carboxylic acids is 1. The highest BCUT2D eigenvalue weighted by atomic mass is 16.6. The highest BCUT2D eigenvalue weighted by Crippen LogP contribution is 2.23. The van der Waals surface area contributed by atoms with Crippen molar-refractivity contribution in [1.29, 1.82) is 0 Å². The van der Waals surface area contributed by atoms with Crippen molar-refractivity contribution in [1.82, 2.24) is 31.6 Å². The van der Waals surface area contributed by atoms with Crippen LogP contribution in [0, 0.1) is 5.92 Å². The van der Waals surface area contributed by atoms with Crippen LogP contribution in [0.2, 0.25) is 0 Å². The zero-order chi connectivity index (χ0) is 47.7. The molecule has 0 saturated heterocycles. The van der Waals surface area contributed by atoms with Gasteiger partial charge in [0, 0.05) is 42.2 Å². The van der Waals surface area contributed by atoms with E-state index in [4.69, 9.17) is 15.2 Å². The van der Waals surface area contributed by atoms with Crippen LogP contribution in [0.25, 0.3) is 22.0 Å². The number of alkyl carbamates (subject to hydrolysis) is 1. The number of para-hydroxylation sites is 1. The largest absolute Gasteiger partial charge is 0.480 e. The van der Waals surface area contributed by atoms with Gasteiger partial charge in [-0.1, -0.05) is 81.8 Å². The molecule has 0 bridgehead atoms. The van der Waals surface area contributed by atoms with Crippen molar-refractivity contribution in [2.45, 2.75) is 129 Å². The van der Waals surface area contributed by atoms with Crippen LogP contribution >= 0.6 is 0 Å². The normalized spacial score (nSPS) is 13.8. The molecule has 16 nitrogen and oxygen atoms in total. The number of rotatable bonds is 24. The summed E-state index contributed by atoms with van der Waals surface area (Å²) in [5, 5.41) is 23.6. The molecule has 0 aliphatic rings. The summed E-state index contributed by atoms with van der Waals surface area (Å²) in [6.07, 6.45) is 2.55. The van der Waals surface area contributed by atoms with Crippen molar-refractivity contribution in [3.05, 3.63) is 95.7 Å². The van der Waals surface area contributed by atoms with Gasteiger partial charge in [-0.05, 0) is 106 Å². The van der Waals surface area contributed by atoms with Crippen LogP contribution in [-0.4, -0.2) is 94.9 Å². The second kappa shape index (κ2) is 24.7. The molecule has 1 heterocycles. The topological polar surface area (TPSA) is 243 Å². The molecular weight excluding hydrogens is 831 g/mol. The zero-order valence-electron chi connectivity index (χ0n) is 38.6. The Labute approximate surface area is 381 Å². The number of unbranched alkanes of at least 4 members (excludes halogenated alkanes) is 2. The SMILES string of the molecule is CCCCc1ccc(-c2ccc(C(=O)N[C@@H](Cc3c[nH]c4ccccc34)C(=O)N[C@H](C(=O)N[C@@H](N)C(=O)N[C@@H](CCCCNC(=O)OC(C)(C)C)C(=O)O)[C@@H](C)OCC(C)C)cc2)cc1. The third-order valence-electron chi connectivity index (χ3n) is 10.5. The lowest BCUT2D eigenvalue weighted by molar-refractivity contribution is -0.142. The molecule has 0 radical (unpaired) electrons. The molecule has 5 atom stereocenters. The van der Waals surface area contributed by atoms with Crippen LogP contribution < -0.4 is 32.3 Å². The summed E-state index contributed by atoms with van der Waals surface area (Å²) in [5.41, 5.74) is 10.5. The third kappa shape index (κ3) is 16.7. The third-order valence-corrected chi connectivity index (χ3v) is 10.5. The Kier molecular flexibility index (Phi) is 19.5. The zero-order valence-corrected chi connectivity index (χ0v) is 38.6. The van der Waals surface area contributed by atoms with E-state index in [9.17, 15) is 33.9 Å². The Balaban J connectivity index is 1.48. The van der Waals surface area contributed by atoms with Crippen molar-refractivity contribution >= 4 is 46.6 Å². The molecule has 9 N–H and O–H groups in total. The van der Waals surface area contributed by atoms with E-state index in [1.54, 1.807) is 46.0 Å². The maximum atomic E-state index is 14.4. The maximum Gasteiger partial charge on any atom is 0.407 e. The Morgan fingerprint density at radius 1 is 0.769 bits per heavy atom. The first kappa shape index (κ1) is 51.4. The van der Waals surface area contributed by atoms with Crippen molar-refractivity contribution in [3.8, 4) is 11.1 Å². The van der Waals surface area contributed by atoms with Gasteiger partial charge in [-0.3, -0.25) is 19.2 Å². The molecule has 4 aromatic rings. The number of fused-ring (bicyclic) bond motifs is 1. The number of nitrogens with two attached hydrogens (primary N) is 1. The molecule has 4 rings (SSSR count). The van der Waals surface area contributed by atoms with Gasteiger partial charge in [0.2, 0.25) is 11.8 Å². The number of carbonyl (C=O) groups is 6. The van der Waals surface area contributed by atoms with Crippen molar-refractivity contribution < 1.29 is 43.3 Å². The molecule has 352 valence electrons. The molecule has 16 heteroatoms. The summed E-state index contributed by atoms with van der Waals surface area (Å²) in [4.78, 5) is 82.5. The molecule has 0 aliphatic carbocycles. The van der Waals surface area contributed by atoms with E-state index in [2.05, 4.69) is 62.8 Å². The van der Waals surface area contributed by atoms with E-state index in [0.29, 0.717) is 18.4 Å². The molecular formula is C49H67N7O9. The van der Waals surface area contributed by atoms with E-state index in [1.807, 2.05) is 50.2 Å². The van der Waals surface area contributed by atoms with Gasteiger partial charge in [0.25, 0.3) is 11.8 Å². The summed E-state index contributed by atoms with van der Waals surface area (Å²) in [6, 6.07) is 19.0. The van der Waals surface area contributed by atoms with E-state index < -0.39 is 71.7 Å². The Morgan fingerprint density at radius 2 is 1.43 bits per heavy atom. The number of carboxylic acids is 1. The fourth-order valence-electron chi connectivity index (χ4n) is 6.93. The van der Waals surface area contributed by atoms with Gasteiger partial charge in [0.1, 0.15) is 23.7 Å². The number of aromatic amines is 1. The lowest BCUT2D eigenvalue weighted by Crippen LogP contribution is -2.62. The molecule has 0 spiro atoms. The number of aromatic nitrogens is 1. The number of carboxylic acid groups (broad SMARTS) is 1. The van der Waals surface area contributed by atoms with Gasteiger partial charge in [0.15, 0.2) is 6.17 Å². The highest BCUT2D eigenvalue weighted by Gasteiger charge is 2.34. The second-order valence-electron chi connectivity index (χ2n) is 17.7. The predicted molar refractivity (Wildman–Crippen MR) is 250 cm³/mol. The number of H-pyrrole nitrogens is 1. The standard InChI is InChI=1S/C49H67N7O9/c1-8-9-14-32-18-20-33(21-19-32)34-22-24-35(25-23-34)43(57)54-40(27-36-28-52-38-16-11-10-15-37(36)38)44(58)55-41(31(4)64-29-30(2)3)45(59)56-42(50)46(60)53-39(47(61)62)17-12-13-26-51-48(63)65-49(5,6)7/h10-11,15-16,18-25,28,30-31,39-42,52H,8-9,12-14,17,26-27,29,50H2,1-7H3,(H,51,63)(H,53,60)(H,54,57)(H,55,58)(H,56,59)(H,61,62)/t31-,39+,40+,41+,42-/m1/s1. The predicted octanol–water partition coefficient (Wildman–Crippen LogP) is 5.73. The number of benzene rings is 3. The molecule has 1 aromatic heterocycles. The molecule has 5 amide bonds. The Bertz CT molecular complexity index is 2200. The van der Waals surface area contributed by atoms with Crippen molar-refractivity contribution in [2.75, 3.05) is 13.2 Å². The van der Waals surface area contributed by atoms with Crippen LogP contribution in [0.5, 0.6) is 0 Å². The van der Waals surface area contributed by atoms with Crippen molar-refractivity contribution in [3.63, 3.8) is 0 Å². The molecule has 0 aliphatic heterocycles. The average Bonchev–Trinajstić information content (AvgIpc) is 3.67. The number of hydrogen-bond donors (Lipinski definition) is 8. The van der Waals surface area contributed by atoms with Crippen LogP contribution in [0.15, 0.2) is 79.0 Å². The first-order chi connectivity index (χ1) is 30.8. The molecule has 0 saturated carbocycles. The van der Waals surface area contributed by atoms with Gasteiger partial charge < -0.3 is 51.9 Å². The van der Waals surface area contributed by atoms with Crippen LogP contribution in [-0.2, 0) is 41.5 Å². The minimum absolute atomic E-state index is 0.0111. The highest BCUT2D eigenvalue weighted by molar-refractivity contribution is 5.99. The summed E-state index contributed by atoms with van der Waals surface area (Å²) in [6.45, 7) is 13.2. The van der Waals surface area contributed by atoms with Crippen LogP contribution in [0.1, 0.15) is 102 Å². The molecule has 3 aromatic carbocycles. The van der Waals surface area contributed by atoms with E-state index >= 15 is 0 Å².